The molecule has 1 saturated heterocycles. The summed E-state index contributed by atoms with van der Waals surface area (Å²) in [5.74, 6) is -1.44. The Kier molecular flexibility index (Phi) is 9.51. The second-order valence-corrected chi connectivity index (χ2v) is 10.5. The van der Waals surface area contributed by atoms with E-state index < -0.39 is 43.1 Å². The van der Waals surface area contributed by atoms with Gasteiger partial charge in [-0.15, -0.1) is 0 Å². The first-order valence-corrected chi connectivity index (χ1v) is 13.5. The molecular weight excluding hydrogens is 581 g/mol. The average Bonchev–Trinajstić information content (AvgIpc) is 3.27. The molecule has 2 aliphatic rings. The lowest BCUT2D eigenvalue weighted by molar-refractivity contribution is -0.144. The molecule has 2 aliphatic heterocycles. The Morgan fingerprint density at radius 1 is 1.22 bits per heavy atom. The van der Waals surface area contributed by atoms with Gasteiger partial charge in [0.25, 0.3) is 5.91 Å². The highest BCUT2D eigenvalue weighted by atomic mass is 32.1. The molecular formula is C25H27F7N6O2S. The number of aryl methyl sites for hydroxylation is 1. The second kappa shape index (κ2) is 12.7. The van der Waals surface area contributed by atoms with Gasteiger partial charge >= 0.3 is 12.4 Å². The molecule has 1 amide bonds. The number of amidine groups is 1. The maximum absolute atomic E-state index is 14.5. The number of piperidine rings is 1. The molecule has 0 aliphatic carbocycles. The van der Waals surface area contributed by atoms with Crippen molar-refractivity contribution >= 4 is 40.2 Å². The number of aliphatic imine (C=N–C) groups is 2. The Balaban J connectivity index is 1.36. The smallest absolute Gasteiger partial charge is 0.412 e. The van der Waals surface area contributed by atoms with Crippen LogP contribution in [0, 0.1) is 18.7 Å². The number of rotatable bonds is 8. The number of anilines is 2. The van der Waals surface area contributed by atoms with Gasteiger partial charge in [0.05, 0.1) is 37.0 Å². The summed E-state index contributed by atoms with van der Waals surface area (Å²) in [4.78, 5) is 22.1. The summed E-state index contributed by atoms with van der Waals surface area (Å²) in [7, 11) is 0. The van der Waals surface area contributed by atoms with Gasteiger partial charge in [0, 0.05) is 30.8 Å². The zero-order valence-electron chi connectivity index (χ0n) is 21.8. The molecule has 2 atom stereocenters. The quantitative estimate of drug-likeness (QED) is 0.375. The van der Waals surface area contributed by atoms with E-state index in [4.69, 9.17) is 4.74 Å². The molecule has 2 unspecified atom stereocenters. The van der Waals surface area contributed by atoms with Crippen molar-refractivity contribution in [2.75, 3.05) is 43.4 Å². The first-order valence-electron chi connectivity index (χ1n) is 12.7. The molecule has 1 aromatic heterocycles. The van der Waals surface area contributed by atoms with Crippen molar-refractivity contribution in [3.63, 3.8) is 0 Å². The van der Waals surface area contributed by atoms with E-state index in [0.717, 1.165) is 30.2 Å². The number of benzene rings is 1. The minimum atomic E-state index is -4.51. The van der Waals surface area contributed by atoms with Crippen LogP contribution in [0.3, 0.4) is 0 Å². The third-order valence-electron chi connectivity index (χ3n) is 6.50. The van der Waals surface area contributed by atoms with Gasteiger partial charge in [-0.2, -0.15) is 30.7 Å². The van der Waals surface area contributed by atoms with E-state index in [9.17, 15) is 35.5 Å². The Bertz CT molecular complexity index is 1290. The van der Waals surface area contributed by atoms with Gasteiger partial charge in [-0.25, -0.2) is 4.39 Å². The molecule has 2 aromatic rings. The lowest BCUT2D eigenvalue weighted by atomic mass is 9.99. The highest BCUT2D eigenvalue weighted by Gasteiger charge is 2.40. The first kappa shape index (κ1) is 30.7. The second-order valence-electron chi connectivity index (χ2n) is 9.74. The van der Waals surface area contributed by atoms with Crippen LogP contribution in [0.1, 0.15) is 35.3 Å². The minimum absolute atomic E-state index is 0.0420. The van der Waals surface area contributed by atoms with E-state index in [2.05, 4.69) is 25.0 Å². The minimum Gasteiger partial charge on any atom is -0.490 e. The summed E-state index contributed by atoms with van der Waals surface area (Å²) in [6.45, 7) is 1.95. The number of hydrogen-bond acceptors (Lipinski definition) is 8. The van der Waals surface area contributed by atoms with Crippen molar-refractivity contribution in [3.8, 4) is 5.75 Å². The number of alkyl halides is 6. The third-order valence-corrected chi connectivity index (χ3v) is 7.35. The summed E-state index contributed by atoms with van der Waals surface area (Å²) >= 11 is 0.912. The van der Waals surface area contributed by atoms with Crippen LogP contribution < -0.4 is 15.4 Å². The molecule has 16 heteroatoms. The Morgan fingerprint density at radius 2 is 2.00 bits per heavy atom. The molecule has 0 saturated carbocycles. The number of carbonyl (C=O) groups is 1. The van der Waals surface area contributed by atoms with Crippen LogP contribution in [0.25, 0.3) is 0 Å². The number of nitrogens with zero attached hydrogens (tertiary/aromatic N) is 4. The van der Waals surface area contributed by atoms with Crippen molar-refractivity contribution < 1.29 is 40.3 Å². The summed E-state index contributed by atoms with van der Waals surface area (Å²) in [5, 5.41) is 5.66. The number of amides is 1. The molecule has 2 N–H and O–H groups in total. The fourth-order valence-corrected chi connectivity index (χ4v) is 5.20. The zero-order valence-corrected chi connectivity index (χ0v) is 22.6. The maximum atomic E-state index is 14.5. The van der Waals surface area contributed by atoms with Gasteiger partial charge in [-0.05, 0) is 50.0 Å². The van der Waals surface area contributed by atoms with Crippen LogP contribution in [-0.2, 0) is 0 Å². The highest BCUT2D eigenvalue weighted by Crippen LogP contribution is 2.29. The summed E-state index contributed by atoms with van der Waals surface area (Å²) in [5.41, 5.74) is 0.683. The van der Waals surface area contributed by atoms with Gasteiger partial charge in [-0.3, -0.25) is 14.8 Å². The van der Waals surface area contributed by atoms with E-state index in [0.29, 0.717) is 25.2 Å². The van der Waals surface area contributed by atoms with Crippen LogP contribution in [-0.4, -0.2) is 78.4 Å². The van der Waals surface area contributed by atoms with Crippen molar-refractivity contribution in [1.82, 2.24) is 9.27 Å². The molecule has 0 radical (unpaired) electrons. The summed E-state index contributed by atoms with van der Waals surface area (Å²) < 4.78 is 100. The molecule has 1 aromatic carbocycles. The van der Waals surface area contributed by atoms with Crippen molar-refractivity contribution in [1.29, 1.82) is 0 Å². The van der Waals surface area contributed by atoms with Gasteiger partial charge in [0.2, 0.25) is 0 Å². The molecule has 3 heterocycles. The van der Waals surface area contributed by atoms with E-state index in [-0.39, 0.29) is 46.9 Å². The predicted octanol–water partition coefficient (Wildman–Crippen LogP) is 5.71. The average molecular weight is 609 g/mol. The number of ether oxygens (including phenoxy) is 1. The number of carbonyl (C=O) groups excluding carboxylic acids is 1. The molecule has 0 spiro atoms. The van der Waals surface area contributed by atoms with E-state index in [1.807, 2.05) is 0 Å². The van der Waals surface area contributed by atoms with Crippen LogP contribution in [0.15, 0.2) is 28.2 Å². The third kappa shape index (κ3) is 8.61. The molecule has 1 fully saturated rings. The van der Waals surface area contributed by atoms with Crippen molar-refractivity contribution in [3.05, 3.63) is 35.3 Å². The summed E-state index contributed by atoms with van der Waals surface area (Å²) in [6.07, 6.45) is -7.26. The first-order chi connectivity index (χ1) is 19.3. The number of aromatic nitrogens is 1. The molecule has 41 heavy (non-hydrogen) atoms. The number of hydrogen-bond donors (Lipinski definition) is 2. The van der Waals surface area contributed by atoms with Crippen LogP contribution >= 0.6 is 11.5 Å². The Hall–Kier alpha value is -3.27. The van der Waals surface area contributed by atoms with E-state index in [1.54, 1.807) is 11.8 Å². The van der Waals surface area contributed by atoms with E-state index in [1.165, 1.54) is 12.1 Å². The standard InChI is InChI=1S/C25H27F7N6O2S/c1-14-21(23(41-37-14)36-20-11-33-19(10-34-20)25(30,31)32)22(39)35-16-4-5-17(26)18(9-16)40-13-15-3-2-7-38(12-15)8-6-24(27,28)29/h4-5,9,11,15,19H,2-3,6-8,10,12-13H2,1H3,(H,34,36)(H,35,39). The predicted molar refractivity (Wildman–Crippen MR) is 141 cm³/mol. The molecule has 224 valence electrons. The normalized spacial score (nSPS) is 20.0. The number of nitrogens with one attached hydrogen (secondary N) is 2. The lowest BCUT2D eigenvalue weighted by Crippen LogP contribution is -2.39. The zero-order chi connectivity index (χ0) is 29.8. The maximum Gasteiger partial charge on any atom is 0.412 e. The van der Waals surface area contributed by atoms with Crippen molar-refractivity contribution in [2.45, 2.75) is 44.6 Å². The topological polar surface area (TPSA) is 91.2 Å². The number of halogens is 7. The van der Waals surface area contributed by atoms with Gasteiger partial charge in [-0.1, -0.05) is 0 Å². The summed E-state index contributed by atoms with van der Waals surface area (Å²) in [6, 6.07) is 1.82. The van der Waals surface area contributed by atoms with Crippen molar-refractivity contribution in [2.24, 2.45) is 15.9 Å². The van der Waals surface area contributed by atoms with E-state index >= 15 is 0 Å². The largest absolute Gasteiger partial charge is 0.490 e. The highest BCUT2D eigenvalue weighted by molar-refractivity contribution is 7.11. The van der Waals surface area contributed by atoms with Crippen LogP contribution in [0.5, 0.6) is 5.75 Å². The monoisotopic (exact) mass is 608 g/mol. The SMILES string of the molecule is Cc1nsc(NC2=NCC(C(F)(F)F)N=C2)c1C(=O)Nc1ccc(F)c(OCC2CCCN(CCC(F)(F)F)C2)c1. The molecule has 8 nitrogen and oxygen atoms in total. The lowest BCUT2D eigenvalue weighted by Gasteiger charge is -2.32. The fourth-order valence-electron chi connectivity index (χ4n) is 4.40. The van der Waals surface area contributed by atoms with Crippen LogP contribution in [0.4, 0.5) is 41.4 Å². The Labute approximate surface area is 234 Å². The van der Waals surface area contributed by atoms with Gasteiger partial charge in [0.15, 0.2) is 17.6 Å². The van der Waals surface area contributed by atoms with Gasteiger partial charge < -0.3 is 20.3 Å². The number of likely N-dealkylation sites (tertiary alicyclic amines) is 1. The Morgan fingerprint density at radius 3 is 2.68 bits per heavy atom. The van der Waals surface area contributed by atoms with Crippen LogP contribution in [0.2, 0.25) is 0 Å². The molecule has 0 bridgehead atoms. The fraction of sp³-hybridized carbons (Fsp3) is 0.520. The van der Waals surface area contributed by atoms with Gasteiger partial charge in [0.1, 0.15) is 10.8 Å². The molecule has 4 rings (SSSR count).